The van der Waals surface area contributed by atoms with Crippen LogP contribution in [0.2, 0.25) is 0 Å². The van der Waals surface area contributed by atoms with E-state index in [2.05, 4.69) is 58.6 Å². The Hall–Kier alpha value is -1.49. The third-order valence-electron chi connectivity index (χ3n) is 4.11. The van der Waals surface area contributed by atoms with Crippen LogP contribution in [-0.4, -0.2) is 61.1 Å². The Labute approximate surface area is 126 Å². The number of likely N-dealkylation sites (N-methyl/N-ethyl adjacent to an activating group) is 1. The zero-order valence-corrected chi connectivity index (χ0v) is 12.8. The SMILES string of the molecule is CN1CCNCCN(Cc2ccc3ccccc3n2)CC1. The van der Waals surface area contributed by atoms with Gasteiger partial charge >= 0.3 is 0 Å². The average Bonchev–Trinajstić information content (AvgIpc) is 2.60. The molecule has 1 N–H and O–H groups in total. The number of aromatic nitrogens is 1. The van der Waals surface area contributed by atoms with Gasteiger partial charge in [-0.15, -0.1) is 0 Å². The summed E-state index contributed by atoms with van der Waals surface area (Å²) in [5.74, 6) is 0. The quantitative estimate of drug-likeness (QED) is 0.907. The van der Waals surface area contributed by atoms with E-state index >= 15 is 0 Å². The van der Waals surface area contributed by atoms with Crippen molar-refractivity contribution in [1.82, 2.24) is 20.1 Å². The van der Waals surface area contributed by atoms with Crippen LogP contribution in [0.5, 0.6) is 0 Å². The second-order valence-corrected chi connectivity index (χ2v) is 5.82. The summed E-state index contributed by atoms with van der Waals surface area (Å²) in [4.78, 5) is 9.67. The van der Waals surface area contributed by atoms with Gasteiger partial charge in [0.05, 0.1) is 11.2 Å². The molecule has 1 aliphatic heterocycles. The number of benzene rings is 1. The second-order valence-electron chi connectivity index (χ2n) is 5.82. The van der Waals surface area contributed by atoms with Crippen LogP contribution < -0.4 is 5.32 Å². The second kappa shape index (κ2) is 6.98. The van der Waals surface area contributed by atoms with Gasteiger partial charge in [0.15, 0.2) is 0 Å². The molecule has 1 aliphatic rings. The first-order chi connectivity index (χ1) is 10.3. The van der Waals surface area contributed by atoms with Crippen molar-refractivity contribution in [2.75, 3.05) is 46.3 Å². The van der Waals surface area contributed by atoms with Crippen molar-refractivity contribution in [2.45, 2.75) is 6.54 Å². The molecule has 0 amide bonds. The first-order valence-corrected chi connectivity index (χ1v) is 7.77. The number of fused-ring (bicyclic) bond motifs is 1. The molecule has 0 bridgehead atoms. The summed E-state index contributed by atoms with van der Waals surface area (Å²) in [5, 5.41) is 4.71. The molecule has 1 aromatic heterocycles. The molecule has 21 heavy (non-hydrogen) atoms. The zero-order chi connectivity index (χ0) is 14.5. The van der Waals surface area contributed by atoms with Gasteiger partial charge in [-0.1, -0.05) is 24.3 Å². The average molecular weight is 284 g/mol. The number of rotatable bonds is 2. The number of para-hydroxylation sites is 1. The fourth-order valence-electron chi connectivity index (χ4n) is 2.75. The maximum atomic E-state index is 4.79. The molecular weight excluding hydrogens is 260 g/mol. The molecule has 4 nitrogen and oxygen atoms in total. The lowest BCUT2D eigenvalue weighted by Crippen LogP contribution is -2.34. The Morgan fingerprint density at radius 3 is 2.81 bits per heavy atom. The molecule has 0 aliphatic carbocycles. The van der Waals surface area contributed by atoms with Gasteiger partial charge in [-0.3, -0.25) is 9.88 Å². The van der Waals surface area contributed by atoms with Crippen LogP contribution in [0.3, 0.4) is 0 Å². The topological polar surface area (TPSA) is 31.4 Å². The summed E-state index contributed by atoms with van der Waals surface area (Å²) in [5.41, 5.74) is 2.25. The Morgan fingerprint density at radius 2 is 1.86 bits per heavy atom. The van der Waals surface area contributed by atoms with E-state index in [1.807, 2.05) is 0 Å². The third-order valence-corrected chi connectivity index (χ3v) is 4.11. The minimum Gasteiger partial charge on any atom is -0.314 e. The van der Waals surface area contributed by atoms with E-state index in [1.54, 1.807) is 0 Å². The predicted octanol–water partition coefficient (Wildman–Crippen LogP) is 1.57. The Bertz CT molecular complexity index is 584. The lowest BCUT2D eigenvalue weighted by molar-refractivity contribution is 0.233. The smallest absolute Gasteiger partial charge is 0.0705 e. The highest BCUT2D eigenvalue weighted by molar-refractivity contribution is 5.78. The lowest BCUT2D eigenvalue weighted by Gasteiger charge is -2.23. The van der Waals surface area contributed by atoms with Gasteiger partial charge in [0.25, 0.3) is 0 Å². The molecule has 1 fully saturated rings. The molecule has 2 aromatic rings. The molecule has 0 atom stereocenters. The maximum absolute atomic E-state index is 4.79. The monoisotopic (exact) mass is 284 g/mol. The Kier molecular flexibility index (Phi) is 4.80. The fourth-order valence-corrected chi connectivity index (χ4v) is 2.75. The van der Waals surface area contributed by atoms with Crippen molar-refractivity contribution in [3.05, 3.63) is 42.1 Å². The summed E-state index contributed by atoms with van der Waals surface area (Å²) < 4.78 is 0. The van der Waals surface area contributed by atoms with Crippen molar-refractivity contribution in [1.29, 1.82) is 0 Å². The first-order valence-electron chi connectivity index (χ1n) is 7.77. The number of pyridine rings is 1. The van der Waals surface area contributed by atoms with E-state index in [9.17, 15) is 0 Å². The molecule has 3 rings (SSSR count). The van der Waals surface area contributed by atoms with Crippen LogP contribution in [0.1, 0.15) is 5.69 Å². The van der Waals surface area contributed by atoms with Crippen molar-refractivity contribution >= 4 is 10.9 Å². The van der Waals surface area contributed by atoms with Crippen LogP contribution in [0, 0.1) is 0 Å². The van der Waals surface area contributed by atoms with E-state index in [0.29, 0.717) is 0 Å². The van der Waals surface area contributed by atoms with Crippen molar-refractivity contribution in [3.8, 4) is 0 Å². The summed E-state index contributed by atoms with van der Waals surface area (Å²) >= 11 is 0. The summed E-state index contributed by atoms with van der Waals surface area (Å²) in [6, 6.07) is 12.7. The number of nitrogens with one attached hydrogen (secondary N) is 1. The van der Waals surface area contributed by atoms with E-state index in [1.165, 1.54) is 5.39 Å². The third kappa shape index (κ3) is 4.00. The summed E-state index contributed by atoms with van der Waals surface area (Å²) in [7, 11) is 2.19. The molecular formula is C17H24N4. The van der Waals surface area contributed by atoms with Crippen LogP contribution in [-0.2, 0) is 6.54 Å². The van der Waals surface area contributed by atoms with Crippen molar-refractivity contribution in [3.63, 3.8) is 0 Å². The molecule has 1 aromatic carbocycles. The van der Waals surface area contributed by atoms with Gasteiger partial charge in [0.2, 0.25) is 0 Å². The highest BCUT2D eigenvalue weighted by atomic mass is 15.2. The van der Waals surface area contributed by atoms with Crippen LogP contribution in [0.4, 0.5) is 0 Å². The minimum atomic E-state index is 0.931. The summed E-state index contributed by atoms with van der Waals surface area (Å²) in [6.45, 7) is 7.51. The molecule has 112 valence electrons. The van der Waals surface area contributed by atoms with Gasteiger partial charge in [0.1, 0.15) is 0 Å². The molecule has 1 saturated heterocycles. The van der Waals surface area contributed by atoms with Gasteiger partial charge in [-0.2, -0.15) is 0 Å². The maximum Gasteiger partial charge on any atom is 0.0705 e. The van der Waals surface area contributed by atoms with Gasteiger partial charge in [0, 0.05) is 51.2 Å². The van der Waals surface area contributed by atoms with Gasteiger partial charge in [-0.05, 0) is 19.2 Å². The molecule has 2 heterocycles. The van der Waals surface area contributed by atoms with Crippen LogP contribution in [0.15, 0.2) is 36.4 Å². The molecule has 0 radical (unpaired) electrons. The molecule has 0 unspecified atom stereocenters. The van der Waals surface area contributed by atoms with Gasteiger partial charge < -0.3 is 10.2 Å². The normalized spacial score (nSPS) is 19.1. The van der Waals surface area contributed by atoms with E-state index < -0.39 is 0 Å². The van der Waals surface area contributed by atoms with Crippen molar-refractivity contribution < 1.29 is 0 Å². The van der Waals surface area contributed by atoms with E-state index in [4.69, 9.17) is 4.98 Å². The number of nitrogens with zero attached hydrogens (tertiary/aromatic N) is 3. The van der Waals surface area contributed by atoms with E-state index in [-0.39, 0.29) is 0 Å². The highest BCUT2D eigenvalue weighted by Crippen LogP contribution is 2.13. The minimum absolute atomic E-state index is 0.931. The fraction of sp³-hybridized carbons (Fsp3) is 0.471. The van der Waals surface area contributed by atoms with Crippen molar-refractivity contribution in [2.24, 2.45) is 0 Å². The Balaban J connectivity index is 1.70. The lowest BCUT2D eigenvalue weighted by atomic mass is 10.2. The summed E-state index contributed by atoms with van der Waals surface area (Å²) in [6.07, 6.45) is 0. The Morgan fingerprint density at radius 1 is 1.00 bits per heavy atom. The zero-order valence-electron chi connectivity index (χ0n) is 12.8. The highest BCUT2D eigenvalue weighted by Gasteiger charge is 2.10. The standard InChI is InChI=1S/C17H24N4/c1-20-10-8-18-9-11-21(13-12-20)14-16-7-6-15-4-2-3-5-17(15)19-16/h2-7,18H,8-14H2,1H3. The largest absolute Gasteiger partial charge is 0.314 e. The predicted molar refractivity (Wildman–Crippen MR) is 87.4 cm³/mol. The van der Waals surface area contributed by atoms with E-state index in [0.717, 1.165) is 57.0 Å². The molecule has 0 spiro atoms. The number of hydrogen-bond acceptors (Lipinski definition) is 4. The molecule has 0 saturated carbocycles. The van der Waals surface area contributed by atoms with Gasteiger partial charge in [-0.25, -0.2) is 0 Å². The molecule has 4 heteroatoms. The van der Waals surface area contributed by atoms with Crippen LogP contribution in [0.25, 0.3) is 10.9 Å². The van der Waals surface area contributed by atoms with Crippen LogP contribution >= 0.6 is 0 Å². The first kappa shape index (κ1) is 14.4. The number of hydrogen-bond donors (Lipinski definition) is 1.